The van der Waals surface area contributed by atoms with Gasteiger partial charge in [0.05, 0.1) is 18.8 Å². The lowest BCUT2D eigenvalue weighted by molar-refractivity contribution is -0.267. The summed E-state index contributed by atoms with van der Waals surface area (Å²) in [7, 11) is 1.30. The number of aliphatic hydroxyl groups excluding tert-OH is 3. The molecule has 1 heterocycles. The van der Waals surface area contributed by atoms with Crippen molar-refractivity contribution in [2.45, 2.75) is 30.6 Å². The SMILES string of the molecule is CO[C@H]1O[C@H](CO)[C@@H](O)[C@H](N=[N+]=[N-])[C@H]1O. The topological polar surface area (TPSA) is 128 Å². The molecule has 3 N–H and O–H groups in total. The molecule has 15 heavy (non-hydrogen) atoms. The minimum absolute atomic E-state index is 0.453. The van der Waals surface area contributed by atoms with Gasteiger partial charge in [-0.2, -0.15) is 0 Å². The molecule has 0 saturated carbocycles. The van der Waals surface area contributed by atoms with Crippen LogP contribution >= 0.6 is 0 Å². The second-order valence-electron chi connectivity index (χ2n) is 3.14. The monoisotopic (exact) mass is 219 g/mol. The van der Waals surface area contributed by atoms with Gasteiger partial charge in [0.15, 0.2) is 6.29 Å². The number of aliphatic hydroxyl groups is 3. The van der Waals surface area contributed by atoms with Crippen molar-refractivity contribution in [3.05, 3.63) is 10.4 Å². The summed E-state index contributed by atoms with van der Waals surface area (Å²) >= 11 is 0. The van der Waals surface area contributed by atoms with Gasteiger partial charge in [-0.1, -0.05) is 5.11 Å². The van der Waals surface area contributed by atoms with E-state index in [9.17, 15) is 10.2 Å². The van der Waals surface area contributed by atoms with Crippen molar-refractivity contribution < 1.29 is 24.8 Å². The molecule has 0 spiro atoms. The Kier molecular flexibility index (Phi) is 4.28. The van der Waals surface area contributed by atoms with Crippen LogP contribution in [0.2, 0.25) is 0 Å². The average molecular weight is 219 g/mol. The van der Waals surface area contributed by atoms with Crippen LogP contribution in [0.5, 0.6) is 0 Å². The standard InChI is InChI=1S/C7H13N3O5/c1-14-7-6(13)4(9-10-8)5(12)3(2-11)15-7/h3-7,11-13H,2H2,1H3/t3-,4+,5-,6-,7+/m1/s1. The van der Waals surface area contributed by atoms with E-state index in [1.165, 1.54) is 7.11 Å². The predicted octanol–water partition coefficient (Wildman–Crippen LogP) is -1.25. The first-order chi connectivity index (χ1) is 7.15. The zero-order chi connectivity index (χ0) is 11.4. The number of hydrogen-bond acceptors (Lipinski definition) is 6. The number of ether oxygens (including phenoxy) is 2. The highest BCUT2D eigenvalue weighted by Crippen LogP contribution is 2.23. The maximum atomic E-state index is 9.59. The summed E-state index contributed by atoms with van der Waals surface area (Å²) in [4.78, 5) is 2.51. The second-order valence-corrected chi connectivity index (χ2v) is 3.14. The van der Waals surface area contributed by atoms with E-state index < -0.39 is 37.3 Å². The number of methoxy groups -OCH3 is 1. The minimum atomic E-state index is -1.26. The van der Waals surface area contributed by atoms with Crippen LogP contribution in [-0.2, 0) is 9.47 Å². The van der Waals surface area contributed by atoms with Crippen LogP contribution in [-0.4, -0.2) is 59.7 Å². The van der Waals surface area contributed by atoms with E-state index >= 15 is 0 Å². The van der Waals surface area contributed by atoms with Crippen LogP contribution in [0.3, 0.4) is 0 Å². The van der Waals surface area contributed by atoms with E-state index in [0.29, 0.717) is 0 Å². The molecule has 0 aromatic rings. The summed E-state index contributed by atoms with van der Waals surface area (Å²) in [6.45, 7) is -0.453. The molecule has 8 heteroatoms. The van der Waals surface area contributed by atoms with Gasteiger partial charge in [0, 0.05) is 12.0 Å². The fourth-order valence-electron chi connectivity index (χ4n) is 1.46. The smallest absolute Gasteiger partial charge is 0.184 e. The first kappa shape index (κ1) is 12.2. The molecule has 0 amide bonds. The normalized spacial score (nSPS) is 40.9. The summed E-state index contributed by atoms with van der Waals surface area (Å²) in [5.74, 6) is 0. The van der Waals surface area contributed by atoms with E-state index in [4.69, 9.17) is 20.1 Å². The molecule has 1 aliphatic heterocycles. The molecule has 1 saturated heterocycles. The van der Waals surface area contributed by atoms with E-state index in [1.807, 2.05) is 0 Å². The minimum Gasteiger partial charge on any atom is -0.394 e. The Bertz CT molecular complexity index is 241. The molecule has 0 bridgehead atoms. The van der Waals surface area contributed by atoms with Gasteiger partial charge in [-0.25, -0.2) is 0 Å². The lowest BCUT2D eigenvalue weighted by Gasteiger charge is -2.39. The number of hydrogen-bond donors (Lipinski definition) is 3. The summed E-state index contributed by atoms with van der Waals surface area (Å²) in [5.41, 5.74) is 8.26. The second kappa shape index (κ2) is 5.26. The van der Waals surface area contributed by atoms with Crippen molar-refractivity contribution in [3.8, 4) is 0 Å². The van der Waals surface area contributed by atoms with Crippen molar-refractivity contribution in [1.82, 2.24) is 0 Å². The van der Waals surface area contributed by atoms with Gasteiger partial charge in [-0.15, -0.1) is 0 Å². The third-order valence-electron chi connectivity index (χ3n) is 2.27. The molecule has 1 fully saturated rings. The fraction of sp³-hybridized carbons (Fsp3) is 1.00. The van der Waals surface area contributed by atoms with E-state index in [-0.39, 0.29) is 0 Å². The highest BCUT2D eigenvalue weighted by Gasteiger charge is 2.43. The summed E-state index contributed by atoms with van der Waals surface area (Å²) in [6.07, 6.45) is -4.48. The Balaban J connectivity index is 2.85. The molecule has 8 nitrogen and oxygen atoms in total. The van der Waals surface area contributed by atoms with Crippen LogP contribution in [0, 0.1) is 0 Å². The first-order valence-electron chi connectivity index (χ1n) is 4.35. The Labute approximate surface area is 85.7 Å². The Hall–Kier alpha value is -0.890. The van der Waals surface area contributed by atoms with Crippen LogP contribution < -0.4 is 0 Å². The van der Waals surface area contributed by atoms with Crippen LogP contribution in [0.25, 0.3) is 10.4 Å². The van der Waals surface area contributed by atoms with Gasteiger partial charge < -0.3 is 24.8 Å². The third kappa shape index (κ3) is 2.37. The maximum Gasteiger partial charge on any atom is 0.184 e. The van der Waals surface area contributed by atoms with Crippen molar-refractivity contribution >= 4 is 0 Å². The van der Waals surface area contributed by atoms with Crippen molar-refractivity contribution in [2.24, 2.45) is 5.11 Å². The summed E-state index contributed by atoms with van der Waals surface area (Å²) in [6, 6.07) is -1.09. The molecule has 86 valence electrons. The lowest BCUT2D eigenvalue weighted by Crippen LogP contribution is -2.58. The molecular formula is C7H13N3O5. The van der Waals surface area contributed by atoms with Gasteiger partial charge in [0.1, 0.15) is 12.2 Å². The number of rotatable bonds is 3. The average Bonchev–Trinajstić information content (AvgIpc) is 2.25. The van der Waals surface area contributed by atoms with Crippen LogP contribution in [0.4, 0.5) is 0 Å². The zero-order valence-electron chi connectivity index (χ0n) is 8.09. The first-order valence-corrected chi connectivity index (χ1v) is 4.35. The quantitative estimate of drug-likeness (QED) is 0.310. The molecule has 1 aliphatic rings. The number of azide groups is 1. The molecule has 0 aliphatic carbocycles. The molecule has 0 radical (unpaired) electrons. The van der Waals surface area contributed by atoms with E-state index in [1.54, 1.807) is 0 Å². The summed E-state index contributed by atoms with van der Waals surface area (Å²) < 4.78 is 9.81. The van der Waals surface area contributed by atoms with Crippen LogP contribution in [0.15, 0.2) is 5.11 Å². The van der Waals surface area contributed by atoms with Crippen molar-refractivity contribution in [1.29, 1.82) is 0 Å². The highest BCUT2D eigenvalue weighted by atomic mass is 16.7. The molecular weight excluding hydrogens is 206 g/mol. The van der Waals surface area contributed by atoms with Gasteiger partial charge in [0.2, 0.25) is 0 Å². The van der Waals surface area contributed by atoms with Gasteiger partial charge in [0.25, 0.3) is 0 Å². The van der Waals surface area contributed by atoms with Gasteiger partial charge in [-0.05, 0) is 5.53 Å². The van der Waals surface area contributed by atoms with Crippen LogP contribution in [0.1, 0.15) is 0 Å². The molecule has 1 rings (SSSR count). The Morgan fingerprint density at radius 2 is 2.13 bits per heavy atom. The summed E-state index contributed by atoms with van der Waals surface area (Å²) in [5, 5.41) is 31.3. The number of nitrogens with zero attached hydrogens (tertiary/aromatic N) is 3. The fourth-order valence-corrected chi connectivity index (χ4v) is 1.46. The largest absolute Gasteiger partial charge is 0.394 e. The molecule has 5 atom stereocenters. The predicted molar refractivity (Wildman–Crippen MR) is 47.7 cm³/mol. The third-order valence-corrected chi connectivity index (χ3v) is 2.27. The van der Waals surface area contributed by atoms with Crippen molar-refractivity contribution in [3.63, 3.8) is 0 Å². The Morgan fingerprint density at radius 3 is 2.60 bits per heavy atom. The molecule has 0 unspecified atom stereocenters. The van der Waals surface area contributed by atoms with Gasteiger partial charge in [-0.3, -0.25) is 0 Å². The van der Waals surface area contributed by atoms with Crippen molar-refractivity contribution in [2.75, 3.05) is 13.7 Å². The zero-order valence-corrected chi connectivity index (χ0v) is 8.09. The molecule has 0 aromatic carbocycles. The van der Waals surface area contributed by atoms with Gasteiger partial charge >= 0.3 is 0 Å². The Morgan fingerprint density at radius 1 is 1.47 bits per heavy atom. The highest BCUT2D eigenvalue weighted by molar-refractivity contribution is 4.94. The maximum absolute atomic E-state index is 9.59. The van der Waals surface area contributed by atoms with E-state index in [0.717, 1.165) is 0 Å². The van der Waals surface area contributed by atoms with E-state index in [2.05, 4.69) is 10.0 Å². The molecule has 0 aromatic heterocycles. The lowest BCUT2D eigenvalue weighted by atomic mass is 9.97.